The number of hydrogen-bond acceptors (Lipinski definition) is 14. The van der Waals surface area contributed by atoms with Gasteiger partial charge in [0, 0.05) is 110 Å². The minimum absolute atomic E-state index is 0.0128. The van der Waals surface area contributed by atoms with Crippen molar-refractivity contribution in [1.82, 2.24) is 4.58 Å². The molecule has 1 saturated carbocycles. The summed E-state index contributed by atoms with van der Waals surface area (Å²) in [5.74, 6) is -3.16. The second-order valence-corrected chi connectivity index (χ2v) is 28.9. The summed E-state index contributed by atoms with van der Waals surface area (Å²) < 4.78 is 65.4. The molecule has 0 radical (unpaired) electrons. The first-order valence-electron chi connectivity index (χ1n) is 34.6. The van der Waals surface area contributed by atoms with Gasteiger partial charge in [-0.2, -0.15) is 4.58 Å². The maximum Gasteiger partial charge on any atom is 0.673 e. The summed E-state index contributed by atoms with van der Waals surface area (Å²) in [4.78, 5) is 83.0. The summed E-state index contributed by atoms with van der Waals surface area (Å²) in [6.45, 7) is 31.0. The van der Waals surface area contributed by atoms with Gasteiger partial charge in [0.1, 0.15) is 26.4 Å². The Bertz CT molecular complexity index is 3900. The number of halogens is 6. The van der Waals surface area contributed by atoms with E-state index in [9.17, 15) is 50.8 Å². The van der Waals surface area contributed by atoms with Crippen LogP contribution in [0.1, 0.15) is 163 Å². The van der Waals surface area contributed by atoms with Crippen molar-refractivity contribution in [2.24, 2.45) is 16.2 Å². The second kappa shape index (κ2) is 39.2. The highest BCUT2D eigenvalue weighted by molar-refractivity contribution is 6.50. The minimum atomic E-state index is -6.00. The predicted molar refractivity (Wildman–Crippen MR) is 411 cm³/mol. The number of anilines is 3. The van der Waals surface area contributed by atoms with Crippen molar-refractivity contribution < 1.29 is 79.6 Å². The molecule has 2 heterocycles. The van der Waals surface area contributed by atoms with Crippen LogP contribution in [0.4, 0.5) is 45.7 Å². The number of ether oxygens (including phenoxy) is 5. The molecule has 1 amide bonds. The monoisotopic (exact) mass is 1490 g/mol. The highest BCUT2D eigenvalue weighted by Crippen LogP contribution is 2.50. The van der Waals surface area contributed by atoms with Gasteiger partial charge in [-0.3, -0.25) is 24.0 Å². The number of para-hydroxylation sites is 2. The molecule has 1 fully saturated rings. The van der Waals surface area contributed by atoms with Crippen LogP contribution in [0.2, 0.25) is 10.0 Å². The Kier molecular flexibility index (Phi) is 32.9. The van der Waals surface area contributed by atoms with Crippen LogP contribution in [-0.2, 0) is 63.3 Å². The van der Waals surface area contributed by atoms with Gasteiger partial charge in [0.05, 0.1) is 36.3 Å². The van der Waals surface area contributed by atoms with Crippen LogP contribution in [0.3, 0.4) is 0 Å². The van der Waals surface area contributed by atoms with Crippen molar-refractivity contribution in [3.05, 3.63) is 207 Å². The lowest BCUT2D eigenvalue weighted by atomic mass is 9.83. The fourth-order valence-electron chi connectivity index (χ4n) is 10.8. The smallest absolute Gasteiger partial charge is 0.481 e. The molecule has 3 aliphatic rings. The number of hydrogen-bond donors (Lipinski definition) is 2. The van der Waals surface area contributed by atoms with E-state index in [2.05, 4.69) is 182 Å². The number of amides is 1. The second-order valence-electron chi connectivity index (χ2n) is 28.1. The van der Waals surface area contributed by atoms with E-state index in [0.717, 1.165) is 40.7 Å². The third-order valence-electron chi connectivity index (χ3n) is 18.4. The van der Waals surface area contributed by atoms with Crippen LogP contribution in [0.15, 0.2) is 180 Å². The Morgan fingerprint density at radius 1 is 0.590 bits per heavy atom. The number of allylic oxidation sites excluding steroid dienone is 8. The molecule has 5 aromatic rings. The topological polar surface area (TPSA) is 207 Å². The van der Waals surface area contributed by atoms with Gasteiger partial charge in [0.2, 0.25) is 23.0 Å². The van der Waals surface area contributed by atoms with E-state index in [1.54, 1.807) is 45.0 Å². The average molecular weight is 1500 g/mol. The summed E-state index contributed by atoms with van der Waals surface area (Å²) in [6.07, 6.45) is 12.9. The summed E-state index contributed by atoms with van der Waals surface area (Å²) in [7, 11) is -0.344. The number of carbonyl (C=O) groups excluding carboxylic acids is 6. The van der Waals surface area contributed by atoms with E-state index in [-0.39, 0.29) is 73.9 Å². The van der Waals surface area contributed by atoms with Crippen LogP contribution < -0.4 is 19.7 Å². The van der Waals surface area contributed by atoms with Gasteiger partial charge in [0.25, 0.3) is 0 Å². The zero-order chi connectivity index (χ0) is 79.0. The number of benzene rings is 5. The van der Waals surface area contributed by atoms with Crippen LogP contribution in [0, 0.1) is 16.2 Å². The molecule has 1 aliphatic carbocycles. The van der Waals surface area contributed by atoms with Crippen LogP contribution in [-0.4, -0.2) is 107 Å². The summed E-state index contributed by atoms with van der Waals surface area (Å²) in [6, 6.07) is 40.5. The molecule has 0 atom stereocenters. The van der Waals surface area contributed by atoms with Crippen molar-refractivity contribution in [1.29, 1.82) is 0 Å². The molecule has 8 rings (SSSR count). The van der Waals surface area contributed by atoms with Crippen molar-refractivity contribution in [3.63, 3.8) is 0 Å². The summed E-state index contributed by atoms with van der Waals surface area (Å²) in [5.41, 5.74) is 13.2. The zero-order valence-electron chi connectivity index (χ0n) is 63.4. The van der Waals surface area contributed by atoms with E-state index in [0.29, 0.717) is 29.7 Å². The number of carboxylic acids is 1. The summed E-state index contributed by atoms with van der Waals surface area (Å²) in [5, 5.41) is 12.7. The fourth-order valence-corrected chi connectivity index (χ4v) is 11.1. The number of carbonyl (C=O) groups is 7. The average Bonchev–Trinajstić information content (AvgIpc) is 1.60. The molecule has 0 bridgehead atoms. The van der Waals surface area contributed by atoms with Gasteiger partial charge in [-0.1, -0.05) is 141 Å². The van der Waals surface area contributed by atoms with Crippen molar-refractivity contribution in [2.75, 3.05) is 62.7 Å². The van der Waals surface area contributed by atoms with Gasteiger partial charge in [0.15, 0.2) is 0 Å². The van der Waals surface area contributed by atoms with Crippen molar-refractivity contribution >= 4 is 106 Å². The first-order valence-corrected chi connectivity index (χ1v) is 35.3. The fraction of sp³-hybridized carbons (Fsp3) is 0.407. The molecular formula is C81H101BCl2F4N4O13. The third kappa shape index (κ3) is 25.8. The Hall–Kier alpha value is -9.28. The molecule has 24 heteroatoms. The number of carboxylic acid groups (broad SMARTS) is 1. The Balaban J connectivity index is 0.000000337. The Labute approximate surface area is 626 Å². The minimum Gasteiger partial charge on any atom is -0.481 e. The number of nitrogens with one attached hydrogen (secondary N) is 1. The van der Waals surface area contributed by atoms with Crippen molar-refractivity contribution in [2.45, 2.75) is 153 Å². The number of likely N-dealkylation sites (N-methyl/N-ethyl adjacent to an activating group) is 2. The van der Waals surface area contributed by atoms with Gasteiger partial charge in [-0.05, 0) is 151 Å². The first-order chi connectivity index (χ1) is 49.0. The highest BCUT2D eigenvalue weighted by Gasteiger charge is 2.41. The number of esters is 5. The molecule has 0 saturated heterocycles. The lowest BCUT2D eigenvalue weighted by Crippen LogP contribution is -2.29. The van der Waals surface area contributed by atoms with Crippen LogP contribution >= 0.6 is 23.2 Å². The number of nitrogens with zero attached hydrogens (tertiary/aromatic N) is 3. The molecule has 17 nitrogen and oxygen atoms in total. The molecule has 0 aromatic heterocycles. The predicted octanol–water partition coefficient (Wildman–Crippen LogP) is 19.1. The molecule has 2 aliphatic heterocycles. The van der Waals surface area contributed by atoms with Crippen molar-refractivity contribution in [3.8, 4) is 0 Å². The maximum atomic E-state index is 11.9. The number of aliphatic carboxylic acids is 1. The van der Waals surface area contributed by atoms with Gasteiger partial charge < -0.3 is 61.2 Å². The van der Waals surface area contributed by atoms with E-state index >= 15 is 0 Å². The first kappa shape index (κ1) is 88.1. The zero-order valence-corrected chi connectivity index (χ0v) is 64.9. The number of rotatable bonds is 22. The maximum absolute atomic E-state index is 11.9. The number of methoxy groups -OCH3 is 1. The Morgan fingerprint density at radius 3 is 1.35 bits per heavy atom. The quantitative estimate of drug-likeness (QED) is 0.0126. The SMILES string of the molecule is C=C(C)C(=O)OCCOC(=O)C(C)(C)CC.CCC(C)(C)C(=O)Nc1ccc(C(=O)OC)cc1.CCC(C)(C)C(=O)OCCOC(=O)CCC(=O)O.CN1C(=CC=C2CC/C(=C\C=C3\N(C)c4ccc(Cl)cc4C3(C)C)C2=[N+](c2ccccc2)c2ccccc2)C(C)(C)c2cc(Cl)ccc21.F[B-](F)(F)F. The molecule has 0 spiro atoms. The van der Waals surface area contributed by atoms with Gasteiger partial charge in [-0.25, -0.2) is 9.59 Å². The van der Waals surface area contributed by atoms with Gasteiger partial charge in [-0.15, -0.1) is 0 Å². The van der Waals surface area contributed by atoms with E-state index in [4.69, 9.17) is 47.3 Å². The standard InChI is InChI=1S/C43H42Cl2N3.C14H19NO3.C12H20O6.C12H20O4.BF4/c1-42(2)35-27-31(44)21-23-37(35)46(5)39(42)25-19-29-17-18-30(20-26-40-43(3,4)36-28-32(45)22-24-38(36)47(40)6)41(29)48(33-13-9-7-10-14-33)34-15-11-8-12-16-34;1-5-14(2,3)13(17)15-11-8-6-10(7-9-11)12(16)18-4;1-4-12(2,3)11(16)18-8-7-17-10(15)6-5-9(13)14;1-6-12(4,5)11(14)16-8-7-15-10(13)9(2)3;2-1(3,4)5/h7-16,19-28H,17-18H2,1-6H3;6-9H,5H2,1-4H3,(H,15,17);4-8H2,1-3H3,(H,13,14);2,6-8H2,1,3-5H3;/q+1;;;;-1. The van der Waals surface area contributed by atoms with Crippen LogP contribution in [0.5, 0.6) is 0 Å². The van der Waals surface area contributed by atoms with E-state index in [1.807, 2.05) is 60.6 Å². The largest absolute Gasteiger partial charge is 0.673 e. The third-order valence-corrected chi connectivity index (χ3v) is 18.8. The normalized spacial score (nSPS) is 15.6. The number of fused-ring (bicyclic) bond motifs is 2. The lowest BCUT2D eigenvalue weighted by Gasteiger charge is -2.24. The molecule has 5 aromatic carbocycles. The molecule has 105 heavy (non-hydrogen) atoms. The van der Waals surface area contributed by atoms with E-state index < -0.39 is 41.4 Å². The van der Waals surface area contributed by atoms with Gasteiger partial charge >= 0.3 is 43.1 Å². The van der Waals surface area contributed by atoms with E-state index in [1.165, 1.54) is 57.9 Å². The molecule has 2 N–H and O–H groups in total. The molecular weight excluding hydrogens is 1390 g/mol. The molecule has 568 valence electrons. The molecule has 0 unspecified atom stereocenters. The summed E-state index contributed by atoms with van der Waals surface area (Å²) >= 11 is 12.9. The van der Waals surface area contributed by atoms with Crippen LogP contribution in [0.25, 0.3) is 0 Å². The lowest BCUT2D eigenvalue weighted by molar-refractivity contribution is -0.159. The highest BCUT2D eigenvalue weighted by atomic mass is 35.5. The Morgan fingerprint density at radius 2 is 0.981 bits per heavy atom.